The normalized spacial score (nSPS) is 17.6. The molecule has 1 unspecified atom stereocenters. The second-order valence-corrected chi connectivity index (χ2v) is 10.4. The molecule has 2 rings (SSSR count). The van der Waals surface area contributed by atoms with Crippen molar-refractivity contribution in [2.45, 2.75) is 22.8 Å². The van der Waals surface area contributed by atoms with Crippen molar-refractivity contribution >= 4 is 25.7 Å². The van der Waals surface area contributed by atoms with E-state index in [1.807, 2.05) is 4.90 Å². The SMILES string of the molecule is CC(CN1CCOCC1)NS(=O)(=O)c1ccc(S(=O)(=O)N(C)C)cc1[N+](=O)[O-]. The van der Waals surface area contributed by atoms with Crippen LogP contribution in [0.1, 0.15) is 6.92 Å². The van der Waals surface area contributed by atoms with Crippen LogP contribution in [0.25, 0.3) is 0 Å². The van der Waals surface area contributed by atoms with E-state index >= 15 is 0 Å². The van der Waals surface area contributed by atoms with E-state index in [1.54, 1.807) is 6.92 Å². The van der Waals surface area contributed by atoms with Crippen molar-refractivity contribution in [2.75, 3.05) is 46.9 Å². The first-order valence-electron chi connectivity index (χ1n) is 8.48. The number of morpholine rings is 1. The molecule has 1 aliphatic rings. The number of nitro groups is 1. The monoisotopic (exact) mass is 436 g/mol. The van der Waals surface area contributed by atoms with E-state index in [4.69, 9.17) is 4.74 Å². The maximum absolute atomic E-state index is 12.7. The van der Waals surface area contributed by atoms with Crippen molar-refractivity contribution in [1.29, 1.82) is 0 Å². The Bertz CT molecular complexity index is 926. The number of ether oxygens (including phenoxy) is 1. The lowest BCUT2D eigenvalue weighted by atomic mass is 10.3. The summed E-state index contributed by atoms with van der Waals surface area (Å²) in [6, 6.07) is 2.24. The lowest BCUT2D eigenvalue weighted by Crippen LogP contribution is -2.46. The number of nitrogens with zero attached hydrogens (tertiary/aromatic N) is 3. The number of benzene rings is 1. The fraction of sp³-hybridized carbons (Fsp3) is 0.600. The number of nitrogens with one attached hydrogen (secondary N) is 1. The van der Waals surface area contributed by atoms with Gasteiger partial charge in [0.1, 0.15) is 0 Å². The van der Waals surface area contributed by atoms with Crippen molar-refractivity contribution in [3.8, 4) is 0 Å². The maximum atomic E-state index is 12.7. The molecule has 28 heavy (non-hydrogen) atoms. The van der Waals surface area contributed by atoms with Crippen LogP contribution < -0.4 is 4.72 Å². The standard InChI is InChI=1S/C15H24N4O7S2/c1-12(11-18-6-8-26-9-7-18)16-27(22,23)15-5-4-13(10-14(15)19(20)21)28(24,25)17(2)3/h4-5,10,12,16H,6-9,11H2,1-3H3. The molecule has 1 saturated heterocycles. The van der Waals surface area contributed by atoms with Crippen LogP contribution in [0.5, 0.6) is 0 Å². The molecule has 0 spiro atoms. The van der Waals surface area contributed by atoms with Crippen molar-refractivity contribution in [2.24, 2.45) is 0 Å². The Morgan fingerprint density at radius 1 is 1.25 bits per heavy atom. The Kier molecular flexibility index (Phi) is 7.12. The first-order valence-corrected chi connectivity index (χ1v) is 11.4. The lowest BCUT2D eigenvalue weighted by molar-refractivity contribution is -0.388. The number of sulfonamides is 2. The molecule has 1 aromatic carbocycles. The lowest BCUT2D eigenvalue weighted by Gasteiger charge is -2.29. The summed E-state index contributed by atoms with van der Waals surface area (Å²) in [4.78, 5) is 11.6. The summed E-state index contributed by atoms with van der Waals surface area (Å²) in [7, 11) is -5.61. The summed E-state index contributed by atoms with van der Waals surface area (Å²) in [5.41, 5.74) is -0.797. The van der Waals surface area contributed by atoms with E-state index in [-0.39, 0.29) is 4.90 Å². The second kappa shape index (κ2) is 8.80. The van der Waals surface area contributed by atoms with Crippen LogP contribution in [0.4, 0.5) is 5.69 Å². The molecule has 0 amide bonds. The van der Waals surface area contributed by atoms with Gasteiger partial charge in [0, 0.05) is 45.8 Å². The van der Waals surface area contributed by atoms with Gasteiger partial charge in [-0.05, 0) is 19.1 Å². The molecule has 11 nitrogen and oxygen atoms in total. The Morgan fingerprint density at radius 2 is 1.86 bits per heavy atom. The van der Waals surface area contributed by atoms with E-state index in [1.165, 1.54) is 14.1 Å². The topological polar surface area (TPSA) is 139 Å². The van der Waals surface area contributed by atoms with Gasteiger partial charge in [0.15, 0.2) is 4.90 Å². The molecule has 0 bridgehead atoms. The second-order valence-electron chi connectivity index (χ2n) is 6.61. The predicted molar refractivity (Wildman–Crippen MR) is 101 cm³/mol. The van der Waals surface area contributed by atoms with Gasteiger partial charge in [-0.2, -0.15) is 0 Å². The number of hydrogen-bond acceptors (Lipinski definition) is 8. The van der Waals surface area contributed by atoms with Crippen LogP contribution in [-0.2, 0) is 24.8 Å². The van der Waals surface area contributed by atoms with Crippen molar-refractivity contribution in [3.63, 3.8) is 0 Å². The molecule has 0 saturated carbocycles. The zero-order valence-corrected chi connectivity index (χ0v) is 17.5. The Balaban J connectivity index is 2.30. The van der Waals surface area contributed by atoms with Gasteiger partial charge in [0.2, 0.25) is 20.0 Å². The largest absolute Gasteiger partial charge is 0.379 e. The fourth-order valence-corrected chi connectivity index (χ4v) is 5.08. The van der Waals surface area contributed by atoms with Gasteiger partial charge < -0.3 is 4.74 Å². The van der Waals surface area contributed by atoms with Crippen LogP contribution in [0, 0.1) is 10.1 Å². The molecule has 0 aromatic heterocycles. The minimum absolute atomic E-state index is 0.357. The molecule has 13 heteroatoms. The van der Waals surface area contributed by atoms with Gasteiger partial charge in [0.05, 0.1) is 23.0 Å². The quantitative estimate of drug-likeness (QED) is 0.438. The average molecular weight is 437 g/mol. The number of hydrogen-bond donors (Lipinski definition) is 1. The van der Waals surface area contributed by atoms with E-state index in [2.05, 4.69) is 4.72 Å². The van der Waals surface area contributed by atoms with Gasteiger partial charge >= 0.3 is 0 Å². The molecule has 1 fully saturated rings. The highest BCUT2D eigenvalue weighted by molar-refractivity contribution is 7.90. The zero-order valence-electron chi connectivity index (χ0n) is 15.9. The summed E-state index contributed by atoms with van der Waals surface area (Å²) in [5, 5.41) is 11.4. The number of rotatable bonds is 8. The molecule has 0 radical (unpaired) electrons. The van der Waals surface area contributed by atoms with Crippen molar-refractivity contribution in [3.05, 3.63) is 28.3 Å². The van der Waals surface area contributed by atoms with Gasteiger partial charge in [-0.3, -0.25) is 15.0 Å². The van der Waals surface area contributed by atoms with Gasteiger partial charge in [-0.1, -0.05) is 0 Å². The third-order valence-electron chi connectivity index (χ3n) is 4.19. The minimum Gasteiger partial charge on any atom is -0.379 e. The first-order chi connectivity index (χ1) is 12.9. The third-order valence-corrected chi connectivity index (χ3v) is 7.64. The van der Waals surface area contributed by atoms with E-state index in [9.17, 15) is 26.9 Å². The average Bonchev–Trinajstić information content (AvgIpc) is 2.61. The van der Waals surface area contributed by atoms with Crippen LogP contribution in [0.2, 0.25) is 0 Å². The molecule has 0 aliphatic carbocycles. The molecule has 158 valence electrons. The Hall–Kier alpha value is -1.64. The molecule has 1 atom stereocenters. The van der Waals surface area contributed by atoms with E-state index in [0.29, 0.717) is 32.8 Å². The maximum Gasteiger partial charge on any atom is 0.290 e. The Morgan fingerprint density at radius 3 is 2.39 bits per heavy atom. The van der Waals surface area contributed by atoms with Crippen molar-refractivity contribution < 1.29 is 26.5 Å². The summed E-state index contributed by atoms with van der Waals surface area (Å²) < 4.78 is 58.3. The first kappa shape index (κ1) is 22.6. The van der Waals surface area contributed by atoms with Gasteiger partial charge in [-0.25, -0.2) is 25.9 Å². The van der Waals surface area contributed by atoms with Crippen LogP contribution in [-0.4, -0.2) is 83.9 Å². The molecule has 1 N–H and O–H groups in total. The van der Waals surface area contributed by atoms with Crippen LogP contribution in [0.3, 0.4) is 0 Å². The molecule has 1 aromatic rings. The minimum atomic E-state index is -4.23. The Labute approximate surface area is 164 Å². The molecular weight excluding hydrogens is 412 g/mol. The number of nitro benzene ring substituents is 1. The van der Waals surface area contributed by atoms with E-state index < -0.39 is 41.6 Å². The highest BCUT2D eigenvalue weighted by Crippen LogP contribution is 2.28. The van der Waals surface area contributed by atoms with Crippen molar-refractivity contribution in [1.82, 2.24) is 13.9 Å². The summed E-state index contributed by atoms with van der Waals surface area (Å²) in [6.07, 6.45) is 0. The highest BCUT2D eigenvalue weighted by Gasteiger charge is 2.30. The molecule has 1 aliphatic heterocycles. The fourth-order valence-electron chi connectivity index (χ4n) is 2.78. The third kappa shape index (κ3) is 5.24. The van der Waals surface area contributed by atoms with Gasteiger partial charge in [-0.15, -0.1) is 0 Å². The molecular formula is C15H24N4O7S2. The van der Waals surface area contributed by atoms with Crippen LogP contribution >= 0.6 is 0 Å². The summed E-state index contributed by atoms with van der Waals surface area (Å²) >= 11 is 0. The summed E-state index contributed by atoms with van der Waals surface area (Å²) in [5.74, 6) is 0. The summed E-state index contributed by atoms with van der Waals surface area (Å²) in [6.45, 7) is 4.54. The van der Waals surface area contributed by atoms with Gasteiger partial charge in [0.25, 0.3) is 5.69 Å². The predicted octanol–water partition coefficient (Wildman–Crippen LogP) is -0.156. The zero-order chi connectivity index (χ0) is 21.1. The van der Waals surface area contributed by atoms with E-state index in [0.717, 1.165) is 22.5 Å². The van der Waals surface area contributed by atoms with Crippen LogP contribution in [0.15, 0.2) is 28.0 Å². The smallest absolute Gasteiger partial charge is 0.290 e. The highest BCUT2D eigenvalue weighted by atomic mass is 32.2. The molecule has 1 heterocycles.